The van der Waals surface area contributed by atoms with Crippen molar-refractivity contribution in [2.45, 2.75) is 31.9 Å². The number of hydrogen-bond donors (Lipinski definition) is 2. The molecular weight excluding hydrogens is 312 g/mol. The number of thioether (sulfide) groups is 1. The first-order valence-electron chi connectivity index (χ1n) is 6.73. The second-order valence-electron chi connectivity index (χ2n) is 4.65. The van der Waals surface area contributed by atoms with Crippen molar-refractivity contribution in [2.75, 3.05) is 23.6 Å². The number of carbonyl (C=O) groups excluding carboxylic acids is 1. The molecule has 0 aromatic heterocycles. The van der Waals surface area contributed by atoms with Gasteiger partial charge in [-0.25, -0.2) is 0 Å². The second-order valence-corrected chi connectivity index (χ2v) is 6.10. The standard InChI is InChI=1S/C14H20N2O3S.ClH/c1-3-4-5-20-9(2)14(17)16-11-7-13-12(6-10(11)15)18-8-19-13;/h6-7,9H,3-5,8,15H2,1-2H3,(H,16,17);1H. The highest BCUT2D eigenvalue weighted by Gasteiger charge is 2.19. The van der Waals surface area contributed by atoms with E-state index >= 15 is 0 Å². The van der Waals surface area contributed by atoms with E-state index in [1.165, 1.54) is 0 Å². The lowest BCUT2D eigenvalue weighted by atomic mass is 10.2. The summed E-state index contributed by atoms with van der Waals surface area (Å²) in [5, 5.41) is 2.74. The van der Waals surface area contributed by atoms with E-state index in [0.29, 0.717) is 22.9 Å². The number of anilines is 2. The number of nitrogens with two attached hydrogens (primary N) is 1. The molecule has 1 aliphatic heterocycles. The fourth-order valence-electron chi connectivity index (χ4n) is 1.78. The maximum atomic E-state index is 12.1. The van der Waals surface area contributed by atoms with Gasteiger partial charge in [-0.2, -0.15) is 0 Å². The molecule has 5 nitrogen and oxygen atoms in total. The van der Waals surface area contributed by atoms with E-state index in [-0.39, 0.29) is 30.4 Å². The summed E-state index contributed by atoms with van der Waals surface area (Å²) in [6.45, 7) is 4.23. The number of nitrogen functional groups attached to an aromatic ring is 1. The molecule has 1 amide bonds. The van der Waals surface area contributed by atoms with Crippen molar-refractivity contribution < 1.29 is 14.3 Å². The maximum absolute atomic E-state index is 12.1. The summed E-state index contributed by atoms with van der Waals surface area (Å²) in [5.41, 5.74) is 6.96. The summed E-state index contributed by atoms with van der Waals surface area (Å²) >= 11 is 1.65. The molecule has 2 rings (SSSR count). The van der Waals surface area contributed by atoms with Crippen LogP contribution in [0.15, 0.2) is 12.1 Å². The van der Waals surface area contributed by atoms with Crippen LogP contribution >= 0.6 is 24.2 Å². The molecule has 0 saturated carbocycles. The van der Waals surface area contributed by atoms with Gasteiger partial charge in [-0.15, -0.1) is 24.2 Å². The third-order valence-electron chi connectivity index (χ3n) is 3.04. The van der Waals surface area contributed by atoms with Crippen molar-refractivity contribution in [1.29, 1.82) is 0 Å². The van der Waals surface area contributed by atoms with Crippen LogP contribution in [0.4, 0.5) is 11.4 Å². The van der Waals surface area contributed by atoms with E-state index in [9.17, 15) is 4.79 Å². The lowest BCUT2D eigenvalue weighted by molar-refractivity contribution is -0.115. The van der Waals surface area contributed by atoms with Gasteiger partial charge in [-0.3, -0.25) is 4.79 Å². The van der Waals surface area contributed by atoms with E-state index < -0.39 is 0 Å². The average Bonchev–Trinajstić information content (AvgIpc) is 2.86. The Kier molecular flexibility index (Phi) is 6.98. The van der Waals surface area contributed by atoms with Crippen molar-refractivity contribution in [2.24, 2.45) is 0 Å². The zero-order valence-corrected chi connectivity index (χ0v) is 13.8. The normalized spacial score (nSPS) is 13.4. The Morgan fingerprint density at radius 3 is 2.76 bits per heavy atom. The smallest absolute Gasteiger partial charge is 0.237 e. The third kappa shape index (κ3) is 4.61. The zero-order valence-electron chi connectivity index (χ0n) is 12.2. The molecular formula is C14H21ClN2O3S. The Balaban J connectivity index is 0.00000220. The molecule has 7 heteroatoms. The number of unbranched alkanes of at least 4 members (excludes halogenated alkanes) is 1. The van der Waals surface area contributed by atoms with Crippen LogP contribution in [0.5, 0.6) is 11.5 Å². The number of rotatable bonds is 6. The molecule has 0 bridgehead atoms. The first kappa shape index (κ1) is 17.8. The summed E-state index contributed by atoms with van der Waals surface area (Å²) in [6.07, 6.45) is 2.25. The number of carbonyl (C=O) groups is 1. The van der Waals surface area contributed by atoms with Crippen molar-refractivity contribution in [3.8, 4) is 11.5 Å². The molecule has 3 N–H and O–H groups in total. The minimum absolute atomic E-state index is 0. The van der Waals surface area contributed by atoms with E-state index in [1.54, 1.807) is 23.9 Å². The van der Waals surface area contributed by atoms with Gasteiger partial charge in [0.25, 0.3) is 0 Å². The van der Waals surface area contributed by atoms with Gasteiger partial charge in [0.15, 0.2) is 11.5 Å². The predicted octanol–water partition coefficient (Wildman–Crippen LogP) is 3.28. The fraction of sp³-hybridized carbons (Fsp3) is 0.500. The van der Waals surface area contributed by atoms with Gasteiger partial charge in [0.05, 0.1) is 16.6 Å². The number of benzene rings is 1. The van der Waals surface area contributed by atoms with E-state index in [2.05, 4.69) is 12.2 Å². The summed E-state index contributed by atoms with van der Waals surface area (Å²) in [7, 11) is 0. The Morgan fingerprint density at radius 1 is 1.43 bits per heavy atom. The molecule has 1 aromatic rings. The molecule has 21 heavy (non-hydrogen) atoms. The molecule has 1 unspecified atom stereocenters. The molecule has 1 atom stereocenters. The molecule has 0 radical (unpaired) electrons. The molecule has 0 fully saturated rings. The summed E-state index contributed by atoms with van der Waals surface area (Å²) in [6, 6.07) is 3.38. The highest BCUT2D eigenvalue weighted by molar-refractivity contribution is 8.00. The van der Waals surface area contributed by atoms with Crippen LogP contribution in [0, 0.1) is 0 Å². The Hall–Kier alpha value is -1.27. The van der Waals surface area contributed by atoms with Gasteiger partial charge in [0.2, 0.25) is 12.7 Å². The zero-order chi connectivity index (χ0) is 14.5. The third-order valence-corrected chi connectivity index (χ3v) is 4.28. The lowest BCUT2D eigenvalue weighted by Gasteiger charge is -2.13. The highest BCUT2D eigenvalue weighted by Crippen LogP contribution is 2.38. The number of hydrogen-bond acceptors (Lipinski definition) is 5. The second kappa shape index (κ2) is 8.24. The molecule has 1 heterocycles. The largest absolute Gasteiger partial charge is 0.454 e. The lowest BCUT2D eigenvalue weighted by Crippen LogP contribution is -2.23. The van der Waals surface area contributed by atoms with Gasteiger partial charge in [-0.1, -0.05) is 13.3 Å². The van der Waals surface area contributed by atoms with E-state index in [0.717, 1.165) is 18.6 Å². The number of amides is 1. The molecule has 0 saturated heterocycles. The van der Waals surface area contributed by atoms with Crippen LogP contribution in [0.1, 0.15) is 26.7 Å². The minimum atomic E-state index is -0.105. The molecule has 1 aliphatic rings. The van der Waals surface area contributed by atoms with Crippen molar-refractivity contribution in [3.05, 3.63) is 12.1 Å². The highest BCUT2D eigenvalue weighted by atomic mass is 35.5. The number of ether oxygens (including phenoxy) is 2. The number of halogens is 1. The van der Waals surface area contributed by atoms with Gasteiger partial charge >= 0.3 is 0 Å². The van der Waals surface area contributed by atoms with Crippen LogP contribution in [0.3, 0.4) is 0 Å². The summed E-state index contributed by atoms with van der Waals surface area (Å²) < 4.78 is 10.5. The van der Waals surface area contributed by atoms with Crippen molar-refractivity contribution >= 4 is 41.5 Å². The van der Waals surface area contributed by atoms with Crippen LogP contribution in [-0.4, -0.2) is 23.7 Å². The molecule has 118 valence electrons. The average molecular weight is 333 g/mol. The predicted molar refractivity (Wildman–Crippen MR) is 89.7 cm³/mol. The van der Waals surface area contributed by atoms with Gasteiger partial charge in [0, 0.05) is 12.1 Å². The molecule has 0 aliphatic carbocycles. The van der Waals surface area contributed by atoms with Crippen molar-refractivity contribution in [3.63, 3.8) is 0 Å². The molecule has 0 spiro atoms. The topological polar surface area (TPSA) is 73.6 Å². The Morgan fingerprint density at radius 2 is 2.10 bits per heavy atom. The first-order chi connectivity index (χ1) is 9.61. The van der Waals surface area contributed by atoms with E-state index in [4.69, 9.17) is 15.2 Å². The van der Waals surface area contributed by atoms with Crippen LogP contribution < -0.4 is 20.5 Å². The van der Waals surface area contributed by atoms with Gasteiger partial charge < -0.3 is 20.5 Å². The SMILES string of the molecule is CCCCSC(C)C(=O)Nc1cc2c(cc1N)OCO2.Cl. The Labute approximate surface area is 135 Å². The molecule has 1 aromatic carbocycles. The van der Waals surface area contributed by atoms with E-state index in [1.807, 2.05) is 6.92 Å². The summed E-state index contributed by atoms with van der Waals surface area (Å²) in [4.78, 5) is 12.1. The first-order valence-corrected chi connectivity index (χ1v) is 7.78. The number of fused-ring (bicyclic) bond motifs is 1. The fourth-order valence-corrected chi connectivity index (χ4v) is 2.80. The van der Waals surface area contributed by atoms with Gasteiger partial charge in [-0.05, 0) is 19.1 Å². The minimum Gasteiger partial charge on any atom is -0.454 e. The quantitative estimate of drug-likeness (QED) is 0.617. The number of nitrogens with one attached hydrogen (secondary N) is 1. The maximum Gasteiger partial charge on any atom is 0.237 e. The van der Waals surface area contributed by atoms with Gasteiger partial charge in [0.1, 0.15) is 0 Å². The van der Waals surface area contributed by atoms with Crippen molar-refractivity contribution in [1.82, 2.24) is 0 Å². The Bertz CT molecular complexity index is 499. The summed E-state index contributed by atoms with van der Waals surface area (Å²) in [5.74, 6) is 2.17. The van der Waals surface area contributed by atoms with Crippen LogP contribution in [-0.2, 0) is 4.79 Å². The van der Waals surface area contributed by atoms with Crippen LogP contribution in [0.25, 0.3) is 0 Å². The monoisotopic (exact) mass is 332 g/mol. The van der Waals surface area contributed by atoms with Crippen LogP contribution in [0.2, 0.25) is 0 Å².